The molecule has 0 saturated heterocycles. The number of aromatic hydroxyl groups is 1. The second-order valence-electron chi connectivity index (χ2n) is 9.07. The molecule has 0 radical (unpaired) electrons. The van der Waals surface area contributed by atoms with Gasteiger partial charge in [-0.15, -0.1) is 31.7 Å². The summed E-state index contributed by atoms with van der Waals surface area (Å²) in [5.74, 6) is 0.928. The standard InChI is InChI=1S/C14H22O.C9H13.2ClH.Ti/c1-13(2,3)10-7-11(14(4,5)6)9-12(15)8-10;1-6-5-7(2)9(4)8(6)3;;;/h7-9,15H,1-6H3;6H,1-4H3;2*1H;/q;-1;;;. The largest absolute Gasteiger partial charge is 0.508 e. The molecule has 154 valence electrons. The van der Waals surface area contributed by atoms with Crippen LogP contribution >= 0.6 is 24.8 Å². The third kappa shape index (κ3) is 9.22. The van der Waals surface area contributed by atoms with Crippen LogP contribution in [0.25, 0.3) is 0 Å². The summed E-state index contributed by atoms with van der Waals surface area (Å²) in [6.07, 6.45) is 3.36. The number of hydrogen-bond donors (Lipinski definition) is 1. The molecule has 0 saturated carbocycles. The van der Waals surface area contributed by atoms with Crippen LogP contribution in [0.3, 0.4) is 0 Å². The summed E-state index contributed by atoms with van der Waals surface area (Å²) >= 11 is 0. The number of phenolic OH excluding ortho intramolecular Hbond substituents is 1. The van der Waals surface area contributed by atoms with Gasteiger partial charge in [-0.25, -0.2) is 5.57 Å². The van der Waals surface area contributed by atoms with Crippen LogP contribution in [0.1, 0.15) is 80.4 Å². The van der Waals surface area contributed by atoms with Crippen LogP contribution < -0.4 is 0 Å². The van der Waals surface area contributed by atoms with Crippen molar-refractivity contribution in [2.75, 3.05) is 0 Å². The van der Waals surface area contributed by atoms with Crippen molar-refractivity contribution < 1.29 is 26.8 Å². The molecule has 0 bridgehead atoms. The molecule has 27 heavy (non-hydrogen) atoms. The molecule has 1 nitrogen and oxygen atoms in total. The maximum Gasteiger partial charge on any atom is 0.116 e. The minimum atomic E-state index is 0. The van der Waals surface area contributed by atoms with Gasteiger partial charge in [-0.3, -0.25) is 6.08 Å². The minimum absolute atomic E-state index is 0. The van der Waals surface area contributed by atoms with Crippen LogP contribution in [0.5, 0.6) is 5.75 Å². The van der Waals surface area contributed by atoms with Gasteiger partial charge in [0.2, 0.25) is 0 Å². The Labute approximate surface area is 194 Å². The third-order valence-electron chi connectivity index (χ3n) is 4.89. The van der Waals surface area contributed by atoms with Crippen LogP contribution in [-0.2, 0) is 32.5 Å². The molecule has 0 heterocycles. The van der Waals surface area contributed by atoms with Crippen LogP contribution in [0.2, 0.25) is 0 Å². The average Bonchev–Trinajstić information content (AvgIpc) is 2.63. The second-order valence-corrected chi connectivity index (χ2v) is 9.07. The van der Waals surface area contributed by atoms with Gasteiger partial charge in [0.15, 0.2) is 0 Å². The maximum atomic E-state index is 9.72. The van der Waals surface area contributed by atoms with E-state index in [1.807, 2.05) is 12.1 Å². The van der Waals surface area contributed by atoms with Crippen molar-refractivity contribution in [2.24, 2.45) is 5.92 Å². The van der Waals surface area contributed by atoms with E-state index in [4.69, 9.17) is 0 Å². The first kappa shape index (κ1) is 31.5. The Hall–Kier alpha value is -0.206. The van der Waals surface area contributed by atoms with Gasteiger partial charge in [0.25, 0.3) is 0 Å². The van der Waals surface area contributed by atoms with Crippen LogP contribution in [0.4, 0.5) is 0 Å². The number of halogens is 2. The number of allylic oxidation sites excluding steroid dienone is 4. The van der Waals surface area contributed by atoms with Gasteiger partial charge in [-0.2, -0.15) is 11.1 Å². The van der Waals surface area contributed by atoms with Gasteiger partial charge in [0, 0.05) is 21.7 Å². The van der Waals surface area contributed by atoms with E-state index in [-0.39, 0.29) is 57.4 Å². The fourth-order valence-corrected chi connectivity index (χ4v) is 2.64. The zero-order valence-corrected chi connectivity index (χ0v) is 21.8. The van der Waals surface area contributed by atoms with Gasteiger partial charge >= 0.3 is 0 Å². The predicted octanol–water partition coefficient (Wildman–Crippen LogP) is 7.55. The van der Waals surface area contributed by atoms with E-state index in [9.17, 15) is 5.11 Å². The number of benzene rings is 1. The SMILES string of the molecule is CC(C)(C)c1cc(O)cc(C(C)(C)C)c1.CC1=[C-]C(C)C(C)=C1C.Cl.Cl.[Ti]. The van der Waals surface area contributed by atoms with E-state index in [2.05, 4.69) is 81.4 Å². The Balaban J connectivity index is -0.000000420. The summed E-state index contributed by atoms with van der Waals surface area (Å²) in [5, 5.41) is 9.72. The van der Waals surface area contributed by atoms with E-state index >= 15 is 0 Å². The molecule has 1 N–H and O–H groups in total. The van der Waals surface area contributed by atoms with Crippen molar-refractivity contribution >= 4 is 24.8 Å². The van der Waals surface area contributed by atoms with Gasteiger partial charge in [0.05, 0.1) is 0 Å². The molecule has 4 heteroatoms. The Morgan fingerprint density at radius 2 is 1.19 bits per heavy atom. The second kappa shape index (κ2) is 11.7. The van der Waals surface area contributed by atoms with Crippen LogP contribution in [-0.4, -0.2) is 5.11 Å². The number of rotatable bonds is 0. The van der Waals surface area contributed by atoms with E-state index in [1.165, 1.54) is 27.8 Å². The fraction of sp³-hybridized carbons (Fsp3) is 0.565. The fourth-order valence-electron chi connectivity index (χ4n) is 2.64. The molecule has 0 aliphatic heterocycles. The van der Waals surface area contributed by atoms with Crippen molar-refractivity contribution in [2.45, 2.75) is 80.1 Å². The molecule has 0 fully saturated rings. The monoisotopic (exact) mass is 447 g/mol. The van der Waals surface area contributed by atoms with E-state index in [0.717, 1.165) is 0 Å². The summed E-state index contributed by atoms with van der Waals surface area (Å²) in [4.78, 5) is 0. The van der Waals surface area contributed by atoms with E-state index in [1.54, 1.807) is 0 Å². The van der Waals surface area contributed by atoms with Gasteiger partial charge < -0.3 is 5.11 Å². The average molecular weight is 448 g/mol. The molecule has 1 aliphatic rings. The van der Waals surface area contributed by atoms with Crippen molar-refractivity contribution in [1.29, 1.82) is 0 Å². The summed E-state index contributed by atoms with van der Waals surface area (Å²) in [6.45, 7) is 21.6. The molecular weight excluding hydrogens is 411 g/mol. The van der Waals surface area contributed by atoms with Crippen molar-refractivity contribution in [1.82, 2.24) is 0 Å². The zero-order chi connectivity index (χ0) is 18.9. The third-order valence-corrected chi connectivity index (χ3v) is 4.89. The van der Waals surface area contributed by atoms with Gasteiger partial charge in [0.1, 0.15) is 5.75 Å². The Bertz CT molecular complexity index is 630. The molecule has 1 aromatic rings. The normalized spacial score (nSPS) is 16.2. The topological polar surface area (TPSA) is 20.2 Å². The minimum Gasteiger partial charge on any atom is -0.508 e. The van der Waals surface area contributed by atoms with Crippen molar-refractivity contribution in [3.8, 4) is 5.75 Å². The Morgan fingerprint density at radius 3 is 1.37 bits per heavy atom. The van der Waals surface area contributed by atoms with Crippen LogP contribution in [0, 0.1) is 12.0 Å². The van der Waals surface area contributed by atoms with Crippen molar-refractivity contribution in [3.63, 3.8) is 0 Å². The Kier molecular flexibility index (Phi) is 13.7. The number of hydrogen-bond acceptors (Lipinski definition) is 1. The molecule has 2 rings (SSSR count). The molecule has 1 atom stereocenters. The van der Waals surface area contributed by atoms with Crippen LogP contribution in [0.15, 0.2) is 34.9 Å². The van der Waals surface area contributed by atoms with Gasteiger partial charge in [-0.05, 0) is 34.1 Å². The first-order valence-electron chi connectivity index (χ1n) is 8.86. The summed E-state index contributed by atoms with van der Waals surface area (Å²) < 4.78 is 0. The summed E-state index contributed by atoms with van der Waals surface area (Å²) in [5.41, 5.74) is 6.78. The van der Waals surface area contributed by atoms with Crippen molar-refractivity contribution in [3.05, 3.63) is 52.1 Å². The molecule has 1 aromatic carbocycles. The molecule has 1 unspecified atom stereocenters. The first-order chi connectivity index (χ1) is 10.7. The quantitative estimate of drug-likeness (QED) is 0.321. The number of phenols is 1. The van der Waals surface area contributed by atoms with E-state index < -0.39 is 0 Å². The summed E-state index contributed by atoms with van der Waals surface area (Å²) in [7, 11) is 0. The Morgan fingerprint density at radius 1 is 0.815 bits per heavy atom. The van der Waals surface area contributed by atoms with E-state index in [0.29, 0.717) is 11.7 Å². The molecule has 1 aliphatic carbocycles. The molecular formula is C23H37Cl2OTi-. The predicted molar refractivity (Wildman–Crippen MR) is 120 cm³/mol. The first-order valence-corrected chi connectivity index (χ1v) is 8.86. The van der Waals surface area contributed by atoms with Gasteiger partial charge in [-0.1, -0.05) is 74.3 Å². The molecule has 0 aromatic heterocycles. The zero-order valence-electron chi connectivity index (χ0n) is 18.6. The maximum absolute atomic E-state index is 9.72. The summed E-state index contributed by atoms with van der Waals surface area (Å²) in [6, 6.07) is 5.91. The smallest absolute Gasteiger partial charge is 0.116 e. The molecule has 0 spiro atoms. The molecule has 0 amide bonds.